The second-order valence-electron chi connectivity index (χ2n) is 33.7. The number of aliphatic carboxylic acids is 2. The normalized spacial score (nSPS) is 31.6. The second-order valence-corrected chi connectivity index (χ2v) is 40.1. The number of hydrogen-bond acceptors (Lipinski definition) is 23. The molecule has 12 aliphatic carbocycles. The number of carboxylic acid groups (broad SMARTS) is 2. The number of methoxy groups -OCH3 is 2. The van der Waals surface area contributed by atoms with Gasteiger partial charge >= 0.3 is 271 Å². The fourth-order valence-corrected chi connectivity index (χ4v) is 27.1. The van der Waals surface area contributed by atoms with Crippen molar-refractivity contribution in [2.24, 2.45) is 103 Å². The summed E-state index contributed by atoms with van der Waals surface area (Å²) in [4.78, 5) is 136. The minimum absolute atomic E-state index is 0. The predicted molar refractivity (Wildman–Crippen MR) is 451 cm³/mol. The van der Waals surface area contributed by atoms with Gasteiger partial charge in [-0.15, -0.1) is 0 Å². The third kappa shape index (κ3) is 22.8. The molecule has 12 saturated carbocycles. The number of nitrogens with one attached hydrogen (secondary N) is 2. The van der Waals surface area contributed by atoms with Gasteiger partial charge < -0.3 is 82.3 Å². The Morgan fingerprint density at radius 2 is 0.902 bits per heavy atom. The van der Waals surface area contributed by atoms with Crippen LogP contribution in [-0.4, -0.2) is 159 Å². The molecule has 3 aromatic carbocycles. The van der Waals surface area contributed by atoms with Gasteiger partial charge in [0.1, 0.15) is 36.5 Å². The number of halogens is 1. The van der Waals surface area contributed by atoms with Crippen LogP contribution >= 0.6 is 17.2 Å². The van der Waals surface area contributed by atoms with Crippen LogP contribution in [0.5, 0.6) is 0 Å². The Balaban J connectivity index is 0.000000298. The minimum atomic E-state index is -3.18. The first-order valence-electron chi connectivity index (χ1n) is 41.8. The number of ether oxygens (including phenoxy) is 7. The molecule has 27 nitrogen and oxygen atoms in total. The summed E-state index contributed by atoms with van der Waals surface area (Å²) in [5.41, 5.74) is 12.2. The zero-order chi connectivity index (χ0) is 85.3. The summed E-state index contributed by atoms with van der Waals surface area (Å²) in [6, 6.07) is 28.5. The van der Waals surface area contributed by atoms with Gasteiger partial charge in [0.05, 0.1) is 76.0 Å². The number of hydrogen-bond donors (Lipinski definition) is 6. The Bertz CT molecular complexity index is 4020. The van der Waals surface area contributed by atoms with Crippen molar-refractivity contribution in [1.82, 2.24) is 10.6 Å². The third-order valence-electron chi connectivity index (χ3n) is 27.9. The first-order chi connectivity index (χ1) is 56.1. The van der Waals surface area contributed by atoms with Crippen LogP contribution in [0.2, 0.25) is 0 Å². The number of imide groups is 1. The van der Waals surface area contributed by atoms with Gasteiger partial charge in [0.15, 0.2) is 0 Å². The molecule has 19 atom stereocenters. The molecule has 1 saturated heterocycles. The molecule has 16 rings (SSSR count). The summed E-state index contributed by atoms with van der Waals surface area (Å²) in [5, 5.41) is 32.4. The summed E-state index contributed by atoms with van der Waals surface area (Å²) in [6.07, 6.45) is 26.5. The van der Waals surface area contributed by atoms with Crippen molar-refractivity contribution < 1.29 is 187 Å². The molecule has 0 aromatic heterocycles. The monoisotopic (exact) mass is 1770 g/mol. The number of carbonyl (C=O) groups is 12. The second kappa shape index (κ2) is 47.3. The van der Waals surface area contributed by atoms with Gasteiger partial charge in [0.25, 0.3) is 5.91 Å². The maximum absolute atomic E-state index is 11.9. The molecule has 0 radical (unpaired) electrons. The molecular weight excluding hydrogens is 1640 g/mol. The smallest absolute Gasteiger partial charge is 0.870 e. The molecule has 0 bridgehead atoms. The molecule has 3 amide bonds. The summed E-state index contributed by atoms with van der Waals surface area (Å²) >= 11 is 7.68. The van der Waals surface area contributed by atoms with Gasteiger partial charge in [0, 0.05) is 29.1 Å². The Kier molecular flexibility index (Phi) is 42.0. The Labute approximate surface area is 789 Å². The van der Waals surface area contributed by atoms with E-state index in [2.05, 4.69) is 47.0 Å². The third-order valence-corrected chi connectivity index (χ3v) is 34.8. The number of aldehydes is 2. The van der Waals surface area contributed by atoms with Crippen LogP contribution < -0.4 is 119 Å². The molecule has 9 N–H and O–H groups in total. The average molecular weight is 1770 g/mol. The average Bonchev–Trinajstić information content (AvgIpc) is 1.42. The minimum Gasteiger partial charge on any atom is -0.870 e. The quantitative estimate of drug-likeness (QED) is 0.00881. The number of carboxylic acids is 2. The topological polar surface area (TPSA) is 440 Å². The van der Waals surface area contributed by atoms with Crippen LogP contribution in [0, 0.1) is 104 Å². The van der Waals surface area contributed by atoms with Crippen molar-refractivity contribution in [2.45, 2.75) is 222 Å². The zero-order valence-corrected chi connectivity index (χ0v) is 77.9. The van der Waals surface area contributed by atoms with Gasteiger partial charge in [-0.05, 0) is 202 Å². The number of benzene rings is 3. The van der Waals surface area contributed by atoms with E-state index in [0.717, 1.165) is 170 Å². The van der Waals surface area contributed by atoms with Gasteiger partial charge in [-0.2, -0.15) is 0 Å². The number of ketones is 1. The van der Waals surface area contributed by atoms with Gasteiger partial charge in [-0.1, -0.05) is 40.5 Å². The Morgan fingerprint density at radius 3 is 1.32 bits per heavy atom. The van der Waals surface area contributed by atoms with Crippen molar-refractivity contribution in [3.63, 3.8) is 0 Å². The summed E-state index contributed by atoms with van der Waals surface area (Å²) in [7, 11) is 3.39. The van der Waals surface area contributed by atoms with E-state index in [-0.39, 0.29) is 234 Å². The zero-order valence-electron chi connectivity index (χ0n) is 71.1. The van der Waals surface area contributed by atoms with Gasteiger partial charge in [-0.25, -0.2) is 4.79 Å². The first kappa shape index (κ1) is 108. The number of urea groups is 1. The molecule has 122 heavy (non-hydrogen) atoms. The maximum Gasteiger partial charge on any atom is 1.00 e. The predicted octanol–water partition coefficient (Wildman–Crippen LogP) is 6.34. The molecular formula is C91H129ClKN5NaO22P. The fraction of sp³-hybridized carbons (Fsp3) is 0.637. The van der Waals surface area contributed by atoms with Crippen LogP contribution in [0.25, 0.3) is 0 Å². The Hall–Kier alpha value is -5.87. The number of amides is 3. The SMILES string of the molecule is C.C.CCOC(=O)C1CC12CCC/C2=C/OC.CCOC(=O)C1CC12CCCC2=O.CCOC(=O)C1CC12CCCC2C1NC(=O)NC1=O.CCOC(=O)C1CC12CCCC2C=O.CCOC(=O)C1CC12CCC[C@H]2C(N)C(=O)O.COCP(Cl)(c1ccccc1)(c1ccccc1)c1ccccc1.NC(C(=O)O)[C@H]1CCCC12CC2C=O.[C-]#N.[K+].[Na+].[OH-]. The van der Waals surface area contributed by atoms with E-state index in [1.54, 1.807) is 35.0 Å². The van der Waals surface area contributed by atoms with Crippen LogP contribution in [0.15, 0.2) is 103 Å². The van der Waals surface area contributed by atoms with Crippen molar-refractivity contribution in [3.05, 3.63) is 109 Å². The van der Waals surface area contributed by atoms with E-state index in [0.29, 0.717) is 45.8 Å². The van der Waals surface area contributed by atoms with Crippen molar-refractivity contribution in [1.29, 1.82) is 5.26 Å². The van der Waals surface area contributed by atoms with E-state index in [1.165, 1.54) is 12.0 Å². The fourth-order valence-electron chi connectivity index (χ4n) is 21.6. The molecule has 1 aliphatic heterocycles. The van der Waals surface area contributed by atoms with E-state index in [9.17, 15) is 57.5 Å². The van der Waals surface area contributed by atoms with E-state index in [4.69, 9.17) is 77.9 Å². The summed E-state index contributed by atoms with van der Waals surface area (Å²) < 4.78 is 35.8. The van der Waals surface area contributed by atoms with Crippen LogP contribution in [0.1, 0.15) is 204 Å². The number of carbonyl (C=O) groups excluding carboxylic acids is 10. The summed E-state index contributed by atoms with van der Waals surface area (Å²) in [6.45, 7) is 15.9. The molecule has 6 spiro atoms. The standard InChI is InChI=1S/C20H20ClOP.C13H18N2O4.C12H19NO4.C12H18O3.C11H16O3.C10H15NO3.C10H14O3.CN.2CH4.K.Na.H2O/c1-22-17-23(21,18-11-5-2-6-12-18,19-13-7-3-8-14-19)20-15-9-4-10-16-20;1-2-19-11(17)8-6-13(8)5-3-4-7(13)9-10(16)15-12(18)14-9;1-2-17-11(16)8-6-12(8)5-3-4-7(12)9(13)10(14)15;1-3-15-11(13)10-7-12(10)6-4-5-9(12)8-14-2;1-2-14-10(13)9-6-11(9)5-3-4-8(11)7-12;11-8(9(13)14)7-2-1-3-10(7)4-6(10)5-12;1-2-13-9(12)7-6-10(7)5-3-4-8(10)11;1-2;;;;;/h2-16H,17H2,1H3;7-9H,2-6H2,1H3,(H2,14,15,16,18);7-9H,2-6,13H2,1H3,(H,14,15);8,10H,3-7H2,1-2H3;7-9H,2-6H2,1H3;5-8H,1-4,11H2,(H,13,14);7H,2-6H2,1H3;;2*1H4;;;1H2/q;;;;;;;-1;;;2*+1;/p-1/b;;;9-8-;;;;;;;;;/t;;7-,8?,9?,12?;;;6?,7-,8?,10?;;;;;;;/m..0..1......./s1. The number of Topliss-reactive ketones (excluding diaryl/α,β-unsaturated/α-hetero) is 1. The number of allylic oxidation sites excluding steroid dienone is 1. The van der Waals surface area contributed by atoms with E-state index < -0.39 is 42.1 Å². The Morgan fingerprint density at radius 1 is 0.525 bits per heavy atom. The van der Waals surface area contributed by atoms with Crippen LogP contribution in [0.3, 0.4) is 0 Å². The van der Waals surface area contributed by atoms with E-state index in [1.807, 2.05) is 74.7 Å². The maximum atomic E-state index is 11.9. The number of esters is 5. The molecule has 3 aromatic rings. The molecule has 1 heterocycles. The van der Waals surface area contributed by atoms with Crippen LogP contribution in [0.4, 0.5) is 4.79 Å². The largest absolute Gasteiger partial charge is 1.00 e. The van der Waals surface area contributed by atoms with Gasteiger partial charge in [0.2, 0.25) is 0 Å². The first-order valence-corrected chi connectivity index (χ1v) is 45.1. The molecule has 13 aliphatic rings. The van der Waals surface area contributed by atoms with E-state index >= 15 is 0 Å². The van der Waals surface area contributed by atoms with Crippen LogP contribution in [-0.2, 0) is 85.9 Å². The van der Waals surface area contributed by atoms with Gasteiger partial charge in [-0.3, -0.25) is 48.5 Å². The molecule has 17 unspecified atom stereocenters. The number of nitrogens with zero attached hydrogens (tertiary/aromatic N) is 1. The number of nitrogens with two attached hydrogens (primary N) is 2. The van der Waals surface area contributed by atoms with Crippen molar-refractivity contribution in [3.8, 4) is 0 Å². The van der Waals surface area contributed by atoms with Crippen molar-refractivity contribution in [2.75, 3.05) is 53.6 Å². The molecule has 13 fully saturated rings. The number of rotatable bonds is 23. The van der Waals surface area contributed by atoms with Crippen molar-refractivity contribution >= 4 is 105 Å². The molecule has 31 heteroatoms. The molecule has 664 valence electrons. The summed E-state index contributed by atoms with van der Waals surface area (Å²) in [5.74, 6) is -5.72.